The summed E-state index contributed by atoms with van der Waals surface area (Å²) in [6.07, 6.45) is -4.87. The number of esters is 4. The van der Waals surface area contributed by atoms with Crippen LogP contribution >= 0.6 is 12.2 Å². The van der Waals surface area contributed by atoms with Gasteiger partial charge in [0.1, 0.15) is 18.8 Å². The number of hydrogen-bond acceptors (Lipinski definition) is 15. The highest BCUT2D eigenvalue weighted by Crippen LogP contribution is 2.42. The van der Waals surface area contributed by atoms with E-state index in [0.717, 1.165) is 48.6 Å². The fourth-order valence-corrected chi connectivity index (χ4v) is 7.87. The van der Waals surface area contributed by atoms with Crippen LogP contribution in [0.4, 0.5) is 0 Å². The highest BCUT2D eigenvalue weighted by molar-refractivity contribution is 7.80. The summed E-state index contributed by atoms with van der Waals surface area (Å²) in [7, 11) is 0. The maximum Gasteiger partial charge on any atom is 0.303 e. The van der Waals surface area contributed by atoms with Crippen molar-refractivity contribution >= 4 is 41.1 Å². The molecule has 0 saturated carbocycles. The first-order chi connectivity index (χ1) is 27.3. The molecule has 0 amide bonds. The van der Waals surface area contributed by atoms with Crippen LogP contribution in [0.3, 0.4) is 0 Å². The fourth-order valence-electron chi connectivity index (χ4n) is 7.63. The number of carbonyl (C=O) groups excluding carboxylic acids is 4. The number of nitrogens with one attached hydrogen (secondary N) is 1. The molecule has 10 atom stereocenters. The van der Waals surface area contributed by atoms with E-state index < -0.39 is 60.7 Å². The summed E-state index contributed by atoms with van der Waals surface area (Å²) in [5, 5.41) is 22.8. The lowest BCUT2D eigenvalue weighted by Gasteiger charge is -2.44. The molecule has 3 saturated heterocycles. The van der Waals surface area contributed by atoms with Crippen LogP contribution in [0.15, 0.2) is 48.5 Å². The molecular formula is C41H54N2O13S. The Kier molecular flexibility index (Phi) is 15.9. The lowest BCUT2D eigenvalue weighted by molar-refractivity contribution is -0.276. The van der Waals surface area contributed by atoms with E-state index in [1.165, 1.54) is 20.8 Å². The summed E-state index contributed by atoms with van der Waals surface area (Å²) in [6, 6.07) is 15.6. The van der Waals surface area contributed by atoms with E-state index in [9.17, 15) is 29.4 Å². The van der Waals surface area contributed by atoms with Crippen molar-refractivity contribution in [1.29, 1.82) is 0 Å². The number of rotatable bonds is 15. The number of likely N-dealkylation sites (tertiary alicyclic amines) is 1. The van der Waals surface area contributed by atoms with Gasteiger partial charge in [0.15, 0.2) is 24.6 Å². The highest BCUT2D eigenvalue weighted by Gasteiger charge is 2.52. The van der Waals surface area contributed by atoms with Crippen molar-refractivity contribution in [2.24, 2.45) is 5.92 Å². The molecular weight excluding hydrogens is 761 g/mol. The van der Waals surface area contributed by atoms with Gasteiger partial charge in [-0.3, -0.25) is 24.1 Å². The predicted molar refractivity (Wildman–Crippen MR) is 207 cm³/mol. The topological polar surface area (TPSA) is 189 Å². The molecule has 0 bridgehead atoms. The molecule has 0 aromatic heterocycles. The van der Waals surface area contributed by atoms with Crippen LogP contribution in [0, 0.1) is 5.92 Å². The Bertz CT molecular complexity index is 1690. The van der Waals surface area contributed by atoms with Crippen molar-refractivity contribution in [3.05, 3.63) is 70.8 Å². The van der Waals surface area contributed by atoms with Gasteiger partial charge in [0.25, 0.3) is 0 Å². The van der Waals surface area contributed by atoms with Gasteiger partial charge in [-0.25, -0.2) is 0 Å². The third-order valence-corrected chi connectivity index (χ3v) is 10.8. The first kappa shape index (κ1) is 44.1. The van der Waals surface area contributed by atoms with Crippen molar-refractivity contribution in [1.82, 2.24) is 10.2 Å². The zero-order valence-electron chi connectivity index (χ0n) is 33.0. The van der Waals surface area contributed by atoms with Crippen LogP contribution in [0.25, 0.3) is 0 Å². The molecule has 3 aliphatic heterocycles. The molecule has 57 heavy (non-hydrogen) atoms. The molecule has 312 valence electrons. The summed E-state index contributed by atoms with van der Waals surface area (Å²) in [6.45, 7) is 8.48. The van der Waals surface area contributed by atoms with Gasteiger partial charge in [0, 0.05) is 64.7 Å². The van der Waals surface area contributed by atoms with E-state index in [0.29, 0.717) is 18.1 Å². The van der Waals surface area contributed by atoms with E-state index in [2.05, 4.69) is 17.1 Å². The molecule has 0 spiro atoms. The summed E-state index contributed by atoms with van der Waals surface area (Å²) in [5.74, 6) is -2.71. The maximum absolute atomic E-state index is 12.2. The van der Waals surface area contributed by atoms with Gasteiger partial charge >= 0.3 is 23.9 Å². The molecule has 0 radical (unpaired) electrons. The zero-order valence-corrected chi connectivity index (χ0v) is 33.8. The minimum Gasteiger partial charge on any atom is -0.463 e. The van der Waals surface area contributed by atoms with Crippen LogP contribution in [0.2, 0.25) is 0 Å². The standard InChI is InChI=1S/C41H54N2O13S/c1-23-34(19-43-16-6-7-32(43)21-45)55-41(56-37(23)30-12-10-29(20-44)11-13-30)31-14-8-28(9-15-31)18-42-36(57)17-33-38(51-25(3)47)40(53-27(5)49)39(52-26(4)48)35(54-33)22-50-24(2)46/h8-15,23,32-35,37-41,44-45H,6-7,16-22H2,1-5H3,(H,42,57). The summed E-state index contributed by atoms with van der Waals surface area (Å²) in [4.78, 5) is 50.8. The van der Waals surface area contributed by atoms with E-state index in [4.69, 9.17) is 45.4 Å². The van der Waals surface area contributed by atoms with Crippen LogP contribution < -0.4 is 5.32 Å². The summed E-state index contributed by atoms with van der Waals surface area (Å²) >= 11 is 5.69. The number of benzene rings is 2. The van der Waals surface area contributed by atoms with E-state index >= 15 is 0 Å². The van der Waals surface area contributed by atoms with Crippen LogP contribution in [0.5, 0.6) is 0 Å². The monoisotopic (exact) mass is 814 g/mol. The largest absolute Gasteiger partial charge is 0.463 e. The second kappa shape index (κ2) is 20.6. The van der Waals surface area contributed by atoms with Crippen LogP contribution in [0.1, 0.15) is 88.5 Å². The Morgan fingerprint density at radius 1 is 0.772 bits per heavy atom. The van der Waals surface area contributed by atoms with Crippen molar-refractivity contribution in [2.45, 2.75) is 122 Å². The lowest BCUT2D eigenvalue weighted by Crippen LogP contribution is -2.62. The number of hydrogen-bond donors (Lipinski definition) is 3. The summed E-state index contributed by atoms with van der Waals surface area (Å²) in [5.41, 5.74) is 3.52. The quantitative estimate of drug-likeness (QED) is 0.135. The zero-order chi connectivity index (χ0) is 41.2. The molecule has 10 unspecified atom stereocenters. The van der Waals surface area contributed by atoms with Gasteiger partial charge in [-0.05, 0) is 36.1 Å². The third kappa shape index (κ3) is 12.0. The Hall–Kier alpha value is -4.03. The Balaban J connectivity index is 1.28. The molecule has 15 nitrogen and oxygen atoms in total. The molecule has 3 aliphatic rings. The maximum atomic E-state index is 12.2. The van der Waals surface area contributed by atoms with Crippen molar-refractivity contribution < 1.29 is 62.5 Å². The molecule has 3 heterocycles. The lowest BCUT2D eigenvalue weighted by atomic mass is 9.90. The number of nitrogens with zero attached hydrogens (tertiary/aromatic N) is 1. The highest BCUT2D eigenvalue weighted by atomic mass is 32.1. The minimum atomic E-state index is -1.28. The molecule has 2 aromatic carbocycles. The molecule has 5 rings (SSSR count). The second-order valence-corrected chi connectivity index (χ2v) is 15.2. The van der Waals surface area contributed by atoms with Gasteiger partial charge in [-0.15, -0.1) is 0 Å². The van der Waals surface area contributed by atoms with E-state index in [1.807, 2.05) is 48.5 Å². The van der Waals surface area contributed by atoms with Gasteiger partial charge < -0.3 is 48.7 Å². The molecule has 3 N–H and O–H groups in total. The summed E-state index contributed by atoms with van der Waals surface area (Å²) < 4.78 is 41.2. The number of carbonyl (C=O) groups is 4. The predicted octanol–water partition coefficient (Wildman–Crippen LogP) is 3.36. The van der Waals surface area contributed by atoms with E-state index in [-0.39, 0.29) is 50.4 Å². The number of ether oxygens (including phenoxy) is 7. The van der Waals surface area contributed by atoms with Crippen molar-refractivity contribution in [2.75, 3.05) is 26.3 Å². The Labute approximate surface area is 338 Å². The van der Waals surface area contributed by atoms with Crippen molar-refractivity contribution in [3.63, 3.8) is 0 Å². The average molecular weight is 815 g/mol. The van der Waals surface area contributed by atoms with Gasteiger partial charge in [0.2, 0.25) is 0 Å². The SMILES string of the molecule is CC(=O)OCC1OC(CC(=S)NCc2ccc(C3OC(CN4CCCC4CO)C(C)C(c4ccc(CO)cc4)O3)cc2)C(OC(C)=O)C(OC(C)=O)C1OC(C)=O. The first-order valence-electron chi connectivity index (χ1n) is 19.3. The normalized spacial score (nSPS) is 28.9. The van der Waals surface area contributed by atoms with Gasteiger partial charge in [0.05, 0.1) is 30.4 Å². The molecule has 16 heteroatoms. The Morgan fingerprint density at radius 2 is 1.37 bits per heavy atom. The second-order valence-electron chi connectivity index (χ2n) is 14.8. The first-order valence-corrected chi connectivity index (χ1v) is 19.7. The number of thiocarbonyl (C=S) groups is 1. The molecule has 2 aromatic rings. The smallest absolute Gasteiger partial charge is 0.303 e. The average Bonchev–Trinajstić information content (AvgIpc) is 3.63. The fraction of sp³-hybridized carbons (Fsp3) is 0.585. The van der Waals surface area contributed by atoms with Crippen LogP contribution in [-0.2, 0) is 65.5 Å². The van der Waals surface area contributed by atoms with Crippen molar-refractivity contribution in [3.8, 4) is 0 Å². The third-order valence-electron chi connectivity index (χ3n) is 10.5. The van der Waals surface area contributed by atoms with Crippen LogP contribution in [-0.4, -0.2) is 113 Å². The number of aliphatic hydroxyl groups is 2. The molecule has 3 fully saturated rings. The number of aliphatic hydroxyl groups excluding tert-OH is 2. The van der Waals surface area contributed by atoms with E-state index in [1.54, 1.807) is 0 Å². The molecule has 0 aliphatic carbocycles. The van der Waals surface area contributed by atoms with Gasteiger partial charge in [-0.1, -0.05) is 67.7 Å². The minimum absolute atomic E-state index is 0.00744. The van der Waals surface area contributed by atoms with Gasteiger partial charge in [-0.2, -0.15) is 0 Å². The Morgan fingerprint density at radius 3 is 1.96 bits per heavy atom.